The van der Waals surface area contributed by atoms with Crippen molar-refractivity contribution in [1.29, 1.82) is 0 Å². The lowest BCUT2D eigenvalue weighted by Crippen LogP contribution is -2.44. The third-order valence-electron chi connectivity index (χ3n) is 5.29. The molecule has 7 heteroatoms. The van der Waals surface area contributed by atoms with Crippen LogP contribution in [0.15, 0.2) is 36.7 Å². The molecule has 1 fully saturated rings. The Hall–Kier alpha value is -2.93. The zero-order valence-electron chi connectivity index (χ0n) is 17.5. The Morgan fingerprint density at radius 2 is 1.93 bits per heavy atom. The molecule has 0 unspecified atom stereocenters. The summed E-state index contributed by atoms with van der Waals surface area (Å²) in [5.74, 6) is 0.669. The number of Topliss-reactive ketones (excluding diaryl/α,β-unsaturated/α-hetero) is 1. The van der Waals surface area contributed by atoms with E-state index in [1.165, 1.54) is 5.69 Å². The molecule has 1 aliphatic rings. The quantitative estimate of drug-likeness (QED) is 0.660. The molecule has 1 aliphatic heterocycles. The molecule has 1 aromatic carbocycles. The Bertz CT molecular complexity index is 1030. The highest BCUT2D eigenvalue weighted by Crippen LogP contribution is 2.27. The van der Waals surface area contributed by atoms with Crippen LogP contribution in [-0.4, -0.2) is 58.9 Å². The molecule has 3 aromatic rings. The van der Waals surface area contributed by atoms with Crippen LogP contribution in [-0.2, 0) is 0 Å². The summed E-state index contributed by atoms with van der Waals surface area (Å²) in [5.41, 5.74) is 3.47. The molecule has 0 atom stereocenters. The number of nitrogens with zero attached hydrogens (tertiary/aromatic N) is 4. The van der Waals surface area contributed by atoms with E-state index in [1.54, 1.807) is 12.4 Å². The number of carbonyl (C=O) groups is 1. The highest BCUT2D eigenvalue weighted by Gasteiger charge is 2.26. The fourth-order valence-corrected chi connectivity index (χ4v) is 3.52. The number of anilines is 3. The van der Waals surface area contributed by atoms with Crippen molar-refractivity contribution in [3.63, 3.8) is 0 Å². The van der Waals surface area contributed by atoms with E-state index in [2.05, 4.69) is 49.2 Å². The number of carbonyl (C=O) groups excluding carboxylic acids is 1. The molecule has 0 saturated carbocycles. The van der Waals surface area contributed by atoms with Crippen LogP contribution >= 0.6 is 0 Å². The van der Waals surface area contributed by atoms with Gasteiger partial charge in [-0.2, -0.15) is 0 Å². The first-order valence-electron chi connectivity index (χ1n) is 10.0. The first kappa shape index (κ1) is 19.4. The minimum atomic E-state index is -0.475. The number of aromatic nitrogens is 3. The van der Waals surface area contributed by atoms with Gasteiger partial charge in [-0.15, -0.1) is 0 Å². The van der Waals surface area contributed by atoms with Crippen LogP contribution < -0.4 is 10.2 Å². The SMILES string of the molecule is CN1CCN(c2cccc(Nc3cnc4[nH]cc(C(=O)C(C)(C)C)c4n3)c2)CC1. The van der Waals surface area contributed by atoms with Crippen molar-refractivity contribution in [3.8, 4) is 0 Å². The average molecular weight is 393 g/mol. The summed E-state index contributed by atoms with van der Waals surface area (Å²) in [6, 6.07) is 8.34. The Kier molecular flexibility index (Phi) is 5.00. The van der Waals surface area contributed by atoms with Gasteiger partial charge in [0.2, 0.25) is 0 Å². The molecule has 0 amide bonds. The maximum absolute atomic E-state index is 12.7. The highest BCUT2D eigenvalue weighted by atomic mass is 16.1. The van der Waals surface area contributed by atoms with Gasteiger partial charge in [0.15, 0.2) is 11.4 Å². The zero-order valence-corrected chi connectivity index (χ0v) is 17.5. The number of piperazine rings is 1. The maximum Gasteiger partial charge on any atom is 0.171 e. The summed E-state index contributed by atoms with van der Waals surface area (Å²) in [4.78, 5) is 29.6. The number of ketones is 1. The Morgan fingerprint density at radius 1 is 1.17 bits per heavy atom. The Labute approximate surface area is 171 Å². The van der Waals surface area contributed by atoms with Gasteiger partial charge in [0.05, 0.1) is 11.8 Å². The van der Waals surface area contributed by atoms with Crippen LogP contribution in [0.3, 0.4) is 0 Å². The second-order valence-electron chi connectivity index (χ2n) is 8.70. The topological polar surface area (TPSA) is 77.1 Å². The minimum absolute atomic E-state index is 0.0484. The number of rotatable bonds is 4. The standard InChI is InChI=1S/C22H28N6O/c1-22(2,3)20(29)17-13-23-21-19(17)26-18(14-24-21)25-15-6-5-7-16(12-15)28-10-8-27(4)9-11-28/h5-7,12-14H,8-11H2,1-4H3,(H,23,24)(H,25,26). The van der Waals surface area contributed by atoms with E-state index in [0.29, 0.717) is 22.5 Å². The number of likely N-dealkylation sites (N-methyl/N-ethyl adjacent to an activating group) is 1. The highest BCUT2D eigenvalue weighted by molar-refractivity contribution is 6.08. The van der Waals surface area contributed by atoms with E-state index in [0.717, 1.165) is 31.9 Å². The van der Waals surface area contributed by atoms with E-state index >= 15 is 0 Å². The van der Waals surface area contributed by atoms with Crippen molar-refractivity contribution < 1.29 is 4.79 Å². The fraction of sp³-hybridized carbons (Fsp3) is 0.409. The molecule has 3 heterocycles. The molecule has 2 aromatic heterocycles. The first-order chi connectivity index (χ1) is 13.8. The lowest BCUT2D eigenvalue weighted by atomic mass is 9.87. The van der Waals surface area contributed by atoms with Gasteiger partial charge in [-0.1, -0.05) is 26.8 Å². The number of aromatic amines is 1. The summed E-state index contributed by atoms with van der Waals surface area (Å²) < 4.78 is 0. The number of nitrogens with one attached hydrogen (secondary N) is 2. The van der Waals surface area contributed by atoms with Gasteiger partial charge in [-0.25, -0.2) is 9.97 Å². The number of fused-ring (bicyclic) bond motifs is 1. The minimum Gasteiger partial charge on any atom is -0.369 e. The van der Waals surface area contributed by atoms with Crippen molar-refractivity contribution in [2.24, 2.45) is 5.41 Å². The van der Waals surface area contributed by atoms with Crippen LogP contribution in [0.5, 0.6) is 0 Å². The van der Waals surface area contributed by atoms with Gasteiger partial charge in [0, 0.05) is 49.2 Å². The fourth-order valence-electron chi connectivity index (χ4n) is 3.52. The van der Waals surface area contributed by atoms with E-state index in [9.17, 15) is 4.79 Å². The van der Waals surface area contributed by atoms with Crippen molar-refractivity contribution in [2.45, 2.75) is 20.8 Å². The number of benzene rings is 1. The third-order valence-corrected chi connectivity index (χ3v) is 5.29. The van der Waals surface area contributed by atoms with Crippen LogP contribution in [0, 0.1) is 5.41 Å². The lowest BCUT2D eigenvalue weighted by Gasteiger charge is -2.34. The molecule has 0 radical (unpaired) electrons. The summed E-state index contributed by atoms with van der Waals surface area (Å²) in [6.45, 7) is 9.91. The predicted molar refractivity (Wildman–Crippen MR) is 117 cm³/mol. The molecule has 0 bridgehead atoms. The predicted octanol–water partition coefficient (Wildman–Crippen LogP) is 3.68. The van der Waals surface area contributed by atoms with Crippen molar-refractivity contribution >= 4 is 34.1 Å². The molecule has 1 saturated heterocycles. The maximum atomic E-state index is 12.7. The van der Waals surface area contributed by atoms with Gasteiger partial charge in [0.1, 0.15) is 11.3 Å². The summed E-state index contributed by atoms with van der Waals surface area (Å²) in [6.07, 6.45) is 3.39. The van der Waals surface area contributed by atoms with Crippen LogP contribution in [0.1, 0.15) is 31.1 Å². The van der Waals surface area contributed by atoms with Crippen molar-refractivity contribution in [1.82, 2.24) is 19.9 Å². The van der Waals surface area contributed by atoms with Gasteiger partial charge < -0.3 is 20.1 Å². The Balaban J connectivity index is 1.58. The monoisotopic (exact) mass is 392 g/mol. The number of H-pyrrole nitrogens is 1. The summed E-state index contributed by atoms with van der Waals surface area (Å²) in [7, 11) is 2.16. The van der Waals surface area contributed by atoms with Gasteiger partial charge in [-0.3, -0.25) is 4.79 Å². The van der Waals surface area contributed by atoms with E-state index in [1.807, 2.05) is 32.9 Å². The first-order valence-corrected chi connectivity index (χ1v) is 10.0. The average Bonchev–Trinajstić information content (AvgIpc) is 3.10. The van der Waals surface area contributed by atoms with Crippen molar-refractivity contribution in [2.75, 3.05) is 43.4 Å². The molecular weight excluding hydrogens is 364 g/mol. The molecule has 29 heavy (non-hydrogen) atoms. The molecule has 4 rings (SSSR count). The smallest absolute Gasteiger partial charge is 0.171 e. The molecule has 7 nitrogen and oxygen atoms in total. The van der Waals surface area contributed by atoms with Crippen LogP contribution in [0.25, 0.3) is 11.2 Å². The molecule has 152 valence electrons. The van der Waals surface area contributed by atoms with E-state index < -0.39 is 5.41 Å². The number of hydrogen-bond acceptors (Lipinski definition) is 6. The van der Waals surface area contributed by atoms with Crippen LogP contribution in [0.4, 0.5) is 17.2 Å². The van der Waals surface area contributed by atoms with E-state index in [-0.39, 0.29) is 5.78 Å². The van der Waals surface area contributed by atoms with E-state index in [4.69, 9.17) is 0 Å². The normalized spacial score (nSPS) is 15.7. The molecule has 0 spiro atoms. The second-order valence-corrected chi connectivity index (χ2v) is 8.70. The van der Waals surface area contributed by atoms with Gasteiger partial charge >= 0.3 is 0 Å². The third kappa shape index (κ3) is 4.10. The largest absolute Gasteiger partial charge is 0.369 e. The molecule has 0 aliphatic carbocycles. The van der Waals surface area contributed by atoms with Crippen LogP contribution in [0.2, 0.25) is 0 Å². The summed E-state index contributed by atoms with van der Waals surface area (Å²) >= 11 is 0. The van der Waals surface area contributed by atoms with Crippen molar-refractivity contribution in [3.05, 3.63) is 42.2 Å². The molecule has 2 N–H and O–H groups in total. The molecular formula is C22H28N6O. The lowest BCUT2D eigenvalue weighted by molar-refractivity contribution is 0.0860. The Morgan fingerprint density at radius 3 is 2.66 bits per heavy atom. The second kappa shape index (κ2) is 7.48. The zero-order chi connectivity index (χ0) is 20.6. The van der Waals surface area contributed by atoms with Gasteiger partial charge in [0.25, 0.3) is 0 Å². The number of hydrogen-bond donors (Lipinski definition) is 2. The summed E-state index contributed by atoms with van der Waals surface area (Å²) in [5, 5.41) is 3.34. The van der Waals surface area contributed by atoms with Gasteiger partial charge in [-0.05, 0) is 25.2 Å².